The van der Waals surface area contributed by atoms with Crippen molar-refractivity contribution in [3.8, 4) is 5.75 Å². The minimum Gasteiger partial charge on any atom is -0.494 e. The lowest BCUT2D eigenvalue weighted by molar-refractivity contribution is -0.120. The summed E-state index contributed by atoms with van der Waals surface area (Å²) in [5.41, 5.74) is 2.40. The molecule has 0 spiro atoms. The van der Waals surface area contributed by atoms with E-state index in [0.717, 1.165) is 16.8 Å². The first-order valence-corrected chi connectivity index (χ1v) is 11.8. The molecule has 1 amide bonds. The number of nitrogens with one attached hydrogen (secondary N) is 1. The minimum atomic E-state index is -3.60. The van der Waals surface area contributed by atoms with E-state index in [1.165, 1.54) is 4.31 Å². The van der Waals surface area contributed by atoms with Crippen LogP contribution >= 0.6 is 11.6 Å². The first kappa shape index (κ1) is 22.6. The van der Waals surface area contributed by atoms with Gasteiger partial charge in [0, 0.05) is 29.7 Å². The smallest absolute Gasteiger partial charge is 0.243 e. The van der Waals surface area contributed by atoms with Crippen LogP contribution in [0.4, 0.5) is 5.69 Å². The van der Waals surface area contributed by atoms with Crippen molar-refractivity contribution in [1.29, 1.82) is 0 Å². The predicted molar refractivity (Wildman–Crippen MR) is 119 cm³/mol. The third-order valence-corrected chi connectivity index (χ3v) is 7.48. The second kappa shape index (κ2) is 9.37. The number of sulfonamides is 1. The molecular formula is C22H27ClN2O4S. The highest BCUT2D eigenvalue weighted by atomic mass is 35.5. The van der Waals surface area contributed by atoms with E-state index in [1.807, 2.05) is 20.8 Å². The Morgan fingerprint density at radius 2 is 1.83 bits per heavy atom. The molecule has 3 rings (SSSR count). The van der Waals surface area contributed by atoms with Gasteiger partial charge in [-0.05, 0) is 81.1 Å². The van der Waals surface area contributed by atoms with Crippen LogP contribution in [0.1, 0.15) is 30.9 Å². The first-order chi connectivity index (χ1) is 14.2. The average molecular weight is 451 g/mol. The third-order valence-electron chi connectivity index (χ3n) is 5.36. The van der Waals surface area contributed by atoms with Gasteiger partial charge in [-0.15, -0.1) is 0 Å². The summed E-state index contributed by atoms with van der Waals surface area (Å²) in [6, 6.07) is 10.2. The van der Waals surface area contributed by atoms with E-state index in [-0.39, 0.29) is 16.7 Å². The number of anilines is 1. The molecule has 8 heteroatoms. The summed E-state index contributed by atoms with van der Waals surface area (Å²) in [5.74, 6) is 0.368. The largest absolute Gasteiger partial charge is 0.494 e. The maximum absolute atomic E-state index is 13.0. The second-order valence-electron chi connectivity index (χ2n) is 7.49. The first-order valence-electron chi connectivity index (χ1n) is 10.0. The van der Waals surface area contributed by atoms with Crippen LogP contribution < -0.4 is 10.1 Å². The SMILES string of the molecule is CCOc1ccc(S(=O)(=O)N2CCC(C(=O)Nc3ccc(Cl)cc3C)CC2)cc1C. The molecule has 1 aliphatic rings. The number of piperidine rings is 1. The van der Waals surface area contributed by atoms with Gasteiger partial charge in [-0.2, -0.15) is 4.31 Å². The average Bonchev–Trinajstić information content (AvgIpc) is 2.71. The molecule has 1 heterocycles. The van der Waals surface area contributed by atoms with Crippen molar-refractivity contribution in [1.82, 2.24) is 4.31 Å². The Hall–Kier alpha value is -2.09. The topological polar surface area (TPSA) is 75.7 Å². The van der Waals surface area contributed by atoms with Crippen molar-refractivity contribution < 1.29 is 17.9 Å². The lowest BCUT2D eigenvalue weighted by Gasteiger charge is -2.30. The van der Waals surface area contributed by atoms with Crippen molar-refractivity contribution in [2.45, 2.75) is 38.5 Å². The molecule has 0 saturated carbocycles. The molecule has 1 fully saturated rings. The van der Waals surface area contributed by atoms with E-state index in [2.05, 4.69) is 5.32 Å². The molecular weight excluding hydrogens is 424 g/mol. The maximum Gasteiger partial charge on any atom is 0.243 e. The summed E-state index contributed by atoms with van der Waals surface area (Å²) >= 11 is 5.96. The summed E-state index contributed by atoms with van der Waals surface area (Å²) in [6.07, 6.45) is 0.960. The fraction of sp³-hybridized carbons (Fsp3) is 0.409. The summed E-state index contributed by atoms with van der Waals surface area (Å²) in [5, 5.41) is 3.56. The number of halogens is 1. The number of benzene rings is 2. The fourth-order valence-electron chi connectivity index (χ4n) is 3.61. The van der Waals surface area contributed by atoms with Gasteiger partial charge in [0.05, 0.1) is 11.5 Å². The van der Waals surface area contributed by atoms with Crippen LogP contribution in [0, 0.1) is 19.8 Å². The number of nitrogens with zero attached hydrogens (tertiary/aromatic N) is 1. The highest BCUT2D eigenvalue weighted by Crippen LogP contribution is 2.28. The highest BCUT2D eigenvalue weighted by molar-refractivity contribution is 7.89. The molecule has 1 aliphatic heterocycles. The number of carbonyl (C=O) groups excluding carboxylic acids is 1. The van der Waals surface area contributed by atoms with Gasteiger partial charge in [-0.1, -0.05) is 11.6 Å². The van der Waals surface area contributed by atoms with Gasteiger partial charge >= 0.3 is 0 Å². The minimum absolute atomic E-state index is 0.0885. The number of rotatable bonds is 6. The molecule has 2 aromatic carbocycles. The number of hydrogen-bond donors (Lipinski definition) is 1. The van der Waals surface area contributed by atoms with Gasteiger partial charge in [0.2, 0.25) is 15.9 Å². The number of carbonyl (C=O) groups is 1. The number of hydrogen-bond acceptors (Lipinski definition) is 4. The monoisotopic (exact) mass is 450 g/mol. The summed E-state index contributed by atoms with van der Waals surface area (Å²) in [4.78, 5) is 12.9. The lowest BCUT2D eigenvalue weighted by Crippen LogP contribution is -2.41. The quantitative estimate of drug-likeness (QED) is 0.707. The number of aryl methyl sites for hydroxylation is 2. The van der Waals surface area contributed by atoms with E-state index < -0.39 is 10.0 Å². The molecule has 0 radical (unpaired) electrons. The number of ether oxygens (including phenoxy) is 1. The van der Waals surface area contributed by atoms with E-state index in [9.17, 15) is 13.2 Å². The standard InChI is InChI=1S/C22H27ClN2O4S/c1-4-29-21-8-6-19(14-16(21)3)30(27,28)25-11-9-17(10-12-25)22(26)24-20-7-5-18(23)13-15(20)2/h5-8,13-14,17H,4,9-12H2,1-3H3,(H,24,26). The van der Waals surface area contributed by atoms with Crippen molar-refractivity contribution in [3.63, 3.8) is 0 Å². The van der Waals surface area contributed by atoms with Crippen LogP contribution in [0.25, 0.3) is 0 Å². The molecule has 2 aromatic rings. The van der Waals surface area contributed by atoms with Crippen molar-refractivity contribution >= 4 is 33.2 Å². The van der Waals surface area contributed by atoms with Crippen molar-refractivity contribution in [2.75, 3.05) is 25.0 Å². The molecule has 0 aromatic heterocycles. The summed E-state index contributed by atoms with van der Waals surface area (Å²) < 4.78 is 33.0. The van der Waals surface area contributed by atoms with Crippen LogP contribution in [-0.4, -0.2) is 38.3 Å². The van der Waals surface area contributed by atoms with E-state index in [0.29, 0.717) is 43.3 Å². The molecule has 1 saturated heterocycles. The van der Waals surface area contributed by atoms with E-state index in [4.69, 9.17) is 16.3 Å². The zero-order valence-electron chi connectivity index (χ0n) is 17.4. The molecule has 30 heavy (non-hydrogen) atoms. The Labute approximate surface area is 183 Å². The molecule has 162 valence electrons. The summed E-state index contributed by atoms with van der Waals surface area (Å²) in [6.45, 7) is 6.75. The Kier molecular flexibility index (Phi) is 7.06. The second-order valence-corrected chi connectivity index (χ2v) is 9.86. The molecule has 0 aliphatic carbocycles. The molecule has 0 atom stereocenters. The summed E-state index contributed by atoms with van der Waals surface area (Å²) in [7, 11) is -3.60. The molecule has 0 unspecified atom stereocenters. The van der Waals surface area contributed by atoms with Crippen LogP contribution in [0.2, 0.25) is 5.02 Å². The van der Waals surface area contributed by atoms with Gasteiger partial charge in [0.1, 0.15) is 5.75 Å². The van der Waals surface area contributed by atoms with E-state index in [1.54, 1.807) is 36.4 Å². The van der Waals surface area contributed by atoms with Gasteiger partial charge in [0.15, 0.2) is 0 Å². The predicted octanol–water partition coefficient (Wildman–Crippen LogP) is 4.39. The van der Waals surface area contributed by atoms with Crippen LogP contribution in [-0.2, 0) is 14.8 Å². The van der Waals surface area contributed by atoms with Crippen LogP contribution in [0.5, 0.6) is 5.75 Å². The molecule has 6 nitrogen and oxygen atoms in total. The Morgan fingerprint density at radius 1 is 1.13 bits per heavy atom. The van der Waals surface area contributed by atoms with Crippen LogP contribution in [0.15, 0.2) is 41.3 Å². The lowest BCUT2D eigenvalue weighted by atomic mass is 9.97. The highest BCUT2D eigenvalue weighted by Gasteiger charge is 2.32. The van der Waals surface area contributed by atoms with Gasteiger partial charge in [-0.3, -0.25) is 4.79 Å². The zero-order chi connectivity index (χ0) is 21.9. The normalized spacial score (nSPS) is 15.7. The van der Waals surface area contributed by atoms with Crippen LogP contribution in [0.3, 0.4) is 0 Å². The van der Waals surface area contributed by atoms with Crippen molar-refractivity contribution in [2.24, 2.45) is 5.92 Å². The zero-order valence-corrected chi connectivity index (χ0v) is 19.0. The fourth-order valence-corrected chi connectivity index (χ4v) is 5.39. The van der Waals surface area contributed by atoms with Gasteiger partial charge in [-0.25, -0.2) is 8.42 Å². The Morgan fingerprint density at radius 3 is 2.43 bits per heavy atom. The van der Waals surface area contributed by atoms with Crippen molar-refractivity contribution in [3.05, 3.63) is 52.5 Å². The van der Waals surface area contributed by atoms with E-state index >= 15 is 0 Å². The number of amides is 1. The van der Waals surface area contributed by atoms with Gasteiger partial charge < -0.3 is 10.1 Å². The molecule has 0 bridgehead atoms. The maximum atomic E-state index is 13.0. The Bertz CT molecular complexity index is 1030. The Balaban J connectivity index is 1.64. The molecule has 1 N–H and O–H groups in total. The third kappa shape index (κ3) is 4.96. The van der Waals surface area contributed by atoms with Gasteiger partial charge in [0.25, 0.3) is 0 Å².